The van der Waals surface area contributed by atoms with Gasteiger partial charge in [0.15, 0.2) is 0 Å². The fourth-order valence-corrected chi connectivity index (χ4v) is 3.30. The number of aryl methyl sites for hydroxylation is 3. The second-order valence-corrected chi connectivity index (χ2v) is 8.04. The van der Waals surface area contributed by atoms with E-state index in [-0.39, 0.29) is 0 Å². The Morgan fingerprint density at radius 3 is 1.48 bits per heavy atom. The smallest absolute Gasteiger partial charge is 0.0875 e. The molecule has 0 bridgehead atoms. The summed E-state index contributed by atoms with van der Waals surface area (Å²) in [5, 5.41) is 3.54. The standard InChI is InChI=1S/C28H27N3/c1-19-5-11-23(12-6-19)29-26-18-28(31-25-15-9-21(3)10-16-25)27(17-22(26)4)30-24-13-7-20(2)8-14-24/h5-18,31H,1-4H3. The first-order chi connectivity index (χ1) is 15.0. The fraction of sp³-hybridized carbons (Fsp3) is 0.143. The third kappa shape index (κ3) is 5.26. The Balaban J connectivity index is 1.74. The SMILES string of the molecule is CC1=CC(=Nc2ccc(C)cc2)C(Nc2ccc(C)cc2)=CC1=Nc1ccc(C)cc1. The minimum Gasteiger partial charge on any atom is -0.354 e. The van der Waals surface area contributed by atoms with Crippen LogP contribution in [-0.2, 0) is 0 Å². The molecule has 0 amide bonds. The lowest BCUT2D eigenvalue weighted by molar-refractivity contribution is 1.39. The zero-order valence-electron chi connectivity index (χ0n) is 18.5. The Labute approximate surface area is 184 Å². The van der Waals surface area contributed by atoms with Crippen molar-refractivity contribution in [2.24, 2.45) is 9.98 Å². The summed E-state index contributed by atoms with van der Waals surface area (Å²) in [5.41, 5.74) is 10.4. The summed E-state index contributed by atoms with van der Waals surface area (Å²) in [6.45, 7) is 8.34. The summed E-state index contributed by atoms with van der Waals surface area (Å²) in [6.07, 6.45) is 4.19. The van der Waals surface area contributed by atoms with Gasteiger partial charge in [-0.1, -0.05) is 53.1 Å². The van der Waals surface area contributed by atoms with Gasteiger partial charge in [-0.15, -0.1) is 0 Å². The molecule has 3 heteroatoms. The van der Waals surface area contributed by atoms with E-state index in [0.29, 0.717) is 0 Å². The van der Waals surface area contributed by atoms with Gasteiger partial charge in [0.1, 0.15) is 0 Å². The van der Waals surface area contributed by atoms with E-state index in [0.717, 1.165) is 39.8 Å². The average molecular weight is 406 g/mol. The molecule has 0 heterocycles. The molecule has 3 aromatic carbocycles. The highest BCUT2D eigenvalue weighted by molar-refractivity contribution is 6.25. The summed E-state index contributed by atoms with van der Waals surface area (Å²) in [4.78, 5) is 9.79. The molecule has 0 spiro atoms. The zero-order valence-corrected chi connectivity index (χ0v) is 18.5. The van der Waals surface area contributed by atoms with Crippen LogP contribution in [0.4, 0.5) is 17.1 Å². The first-order valence-electron chi connectivity index (χ1n) is 10.5. The molecular weight excluding hydrogens is 378 g/mol. The Hall–Kier alpha value is -3.72. The number of hydrogen-bond acceptors (Lipinski definition) is 3. The molecule has 0 fully saturated rings. The predicted octanol–water partition coefficient (Wildman–Crippen LogP) is 7.41. The molecule has 0 unspecified atom stereocenters. The van der Waals surface area contributed by atoms with E-state index in [1.54, 1.807) is 0 Å². The number of hydrogen-bond donors (Lipinski definition) is 1. The lowest BCUT2D eigenvalue weighted by atomic mass is 10.00. The molecule has 1 aliphatic rings. The van der Waals surface area contributed by atoms with Crippen molar-refractivity contribution >= 4 is 28.5 Å². The molecule has 154 valence electrons. The topological polar surface area (TPSA) is 36.8 Å². The van der Waals surface area contributed by atoms with Crippen molar-refractivity contribution in [1.82, 2.24) is 0 Å². The maximum atomic E-state index is 4.91. The summed E-state index contributed by atoms with van der Waals surface area (Å²) in [7, 11) is 0. The van der Waals surface area contributed by atoms with Gasteiger partial charge < -0.3 is 5.32 Å². The van der Waals surface area contributed by atoms with Crippen molar-refractivity contribution < 1.29 is 0 Å². The number of allylic oxidation sites excluding steroid dienone is 3. The van der Waals surface area contributed by atoms with Crippen LogP contribution in [0, 0.1) is 20.8 Å². The summed E-state index contributed by atoms with van der Waals surface area (Å²) < 4.78 is 0. The molecule has 0 radical (unpaired) electrons. The number of nitrogens with one attached hydrogen (secondary N) is 1. The second-order valence-electron chi connectivity index (χ2n) is 8.04. The van der Waals surface area contributed by atoms with Gasteiger partial charge in [-0.05, 0) is 81.8 Å². The van der Waals surface area contributed by atoms with Crippen LogP contribution in [0.1, 0.15) is 23.6 Å². The molecule has 31 heavy (non-hydrogen) atoms. The first kappa shape index (κ1) is 20.5. The van der Waals surface area contributed by atoms with Crippen LogP contribution in [0.25, 0.3) is 0 Å². The summed E-state index contributed by atoms with van der Waals surface area (Å²) >= 11 is 0. The Bertz CT molecular complexity index is 1190. The maximum absolute atomic E-state index is 4.91. The molecule has 0 atom stereocenters. The number of aliphatic imine (C=N–C) groups is 2. The van der Waals surface area contributed by atoms with Crippen LogP contribution in [0.15, 0.2) is 106 Å². The zero-order chi connectivity index (χ0) is 21.8. The summed E-state index contributed by atoms with van der Waals surface area (Å²) in [6, 6.07) is 24.9. The van der Waals surface area contributed by atoms with Gasteiger partial charge in [-0.25, -0.2) is 9.98 Å². The number of anilines is 1. The van der Waals surface area contributed by atoms with Crippen molar-refractivity contribution in [3.05, 3.63) is 113 Å². The van der Waals surface area contributed by atoms with Crippen molar-refractivity contribution in [2.75, 3.05) is 5.32 Å². The van der Waals surface area contributed by atoms with Gasteiger partial charge in [0.05, 0.1) is 28.5 Å². The highest BCUT2D eigenvalue weighted by Crippen LogP contribution is 2.24. The van der Waals surface area contributed by atoms with Gasteiger partial charge in [0.2, 0.25) is 0 Å². The predicted molar refractivity (Wildman–Crippen MR) is 133 cm³/mol. The first-order valence-corrected chi connectivity index (χ1v) is 10.5. The van der Waals surface area contributed by atoms with Crippen molar-refractivity contribution in [3.8, 4) is 0 Å². The molecular formula is C28H27N3. The van der Waals surface area contributed by atoms with Crippen molar-refractivity contribution in [3.63, 3.8) is 0 Å². The van der Waals surface area contributed by atoms with E-state index in [2.05, 4.69) is 93.7 Å². The van der Waals surface area contributed by atoms with Crippen molar-refractivity contribution in [1.29, 1.82) is 0 Å². The minimum absolute atomic E-state index is 0.893. The lowest BCUT2D eigenvalue weighted by Gasteiger charge is -2.18. The van der Waals surface area contributed by atoms with Crippen molar-refractivity contribution in [2.45, 2.75) is 27.7 Å². The van der Waals surface area contributed by atoms with E-state index >= 15 is 0 Å². The molecule has 0 saturated carbocycles. The highest BCUT2D eigenvalue weighted by atomic mass is 14.9. The molecule has 3 nitrogen and oxygen atoms in total. The molecule has 1 aliphatic carbocycles. The molecule has 3 aromatic rings. The van der Waals surface area contributed by atoms with Crippen LogP contribution in [0.5, 0.6) is 0 Å². The van der Waals surface area contributed by atoms with Crippen LogP contribution in [0.3, 0.4) is 0 Å². The van der Waals surface area contributed by atoms with Gasteiger partial charge in [-0.3, -0.25) is 0 Å². The summed E-state index contributed by atoms with van der Waals surface area (Å²) in [5.74, 6) is 0. The molecule has 1 N–H and O–H groups in total. The van der Waals surface area contributed by atoms with Crippen LogP contribution in [-0.4, -0.2) is 11.4 Å². The highest BCUT2D eigenvalue weighted by Gasteiger charge is 2.16. The fourth-order valence-electron chi connectivity index (χ4n) is 3.30. The lowest BCUT2D eigenvalue weighted by Crippen LogP contribution is -2.17. The largest absolute Gasteiger partial charge is 0.354 e. The average Bonchev–Trinajstić information content (AvgIpc) is 2.76. The quantitative estimate of drug-likeness (QED) is 0.451. The molecule has 0 aliphatic heterocycles. The van der Waals surface area contributed by atoms with E-state index in [9.17, 15) is 0 Å². The van der Waals surface area contributed by atoms with E-state index < -0.39 is 0 Å². The van der Waals surface area contributed by atoms with Crippen LogP contribution < -0.4 is 5.32 Å². The van der Waals surface area contributed by atoms with Gasteiger partial charge in [0.25, 0.3) is 0 Å². The number of benzene rings is 3. The van der Waals surface area contributed by atoms with Crippen LogP contribution >= 0.6 is 0 Å². The van der Waals surface area contributed by atoms with E-state index in [1.807, 2.05) is 24.3 Å². The van der Waals surface area contributed by atoms with Crippen LogP contribution in [0.2, 0.25) is 0 Å². The number of nitrogens with zero attached hydrogens (tertiary/aromatic N) is 2. The van der Waals surface area contributed by atoms with Gasteiger partial charge in [-0.2, -0.15) is 0 Å². The van der Waals surface area contributed by atoms with E-state index in [4.69, 9.17) is 9.98 Å². The maximum Gasteiger partial charge on any atom is 0.0875 e. The second kappa shape index (κ2) is 8.97. The minimum atomic E-state index is 0.893. The molecule has 4 rings (SSSR count). The van der Waals surface area contributed by atoms with E-state index in [1.165, 1.54) is 16.7 Å². The Morgan fingerprint density at radius 1 is 0.516 bits per heavy atom. The normalized spacial score (nSPS) is 16.3. The number of rotatable bonds is 4. The van der Waals surface area contributed by atoms with Gasteiger partial charge in [0, 0.05) is 5.69 Å². The third-order valence-electron chi connectivity index (χ3n) is 5.21. The Kier molecular flexibility index (Phi) is 5.94. The monoisotopic (exact) mass is 405 g/mol. The Morgan fingerprint density at radius 2 is 0.968 bits per heavy atom. The molecule has 0 aromatic heterocycles. The van der Waals surface area contributed by atoms with Gasteiger partial charge >= 0.3 is 0 Å². The third-order valence-corrected chi connectivity index (χ3v) is 5.21. The molecule has 0 saturated heterocycles.